The lowest BCUT2D eigenvalue weighted by Crippen LogP contribution is -2.12. The SMILES string of the molecule is [CH2]N(C)CCc1ccc(Cl)c(Cl)c1. The van der Waals surface area contributed by atoms with Gasteiger partial charge in [-0.25, -0.2) is 0 Å². The van der Waals surface area contributed by atoms with E-state index in [1.165, 1.54) is 5.56 Å². The predicted molar refractivity (Wildman–Crippen MR) is 58.2 cm³/mol. The maximum absolute atomic E-state index is 5.87. The van der Waals surface area contributed by atoms with Crippen LogP contribution in [0, 0.1) is 7.05 Å². The normalized spacial score (nSPS) is 10.8. The molecule has 0 spiro atoms. The number of nitrogens with zero attached hydrogens (tertiary/aromatic N) is 1. The zero-order valence-electron chi connectivity index (χ0n) is 7.56. The van der Waals surface area contributed by atoms with E-state index in [2.05, 4.69) is 7.05 Å². The fraction of sp³-hybridized carbons (Fsp3) is 0.300. The van der Waals surface area contributed by atoms with E-state index in [-0.39, 0.29) is 0 Å². The Morgan fingerprint density at radius 2 is 2.00 bits per heavy atom. The summed E-state index contributed by atoms with van der Waals surface area (Å²) in [5.74, 6) is 0. The molecule has 13 heavy (non-hydrogen) atoms. The van der Waals surface area contributed by atoms with Crippen LogP contribution in [0.5, 0.6) is 0 Å². The predicted octanol–water partition coefficient (Wildman–Crippen LogP) is 3.26. The second-order valence-electron chi connectivity index (χ2n) is 3.08. The molecule has 0 N–H and O–H groups in total. The Balaban J connectivity index is 2.63. The summed E-state index contributed by atoms with van der Waals surface area (Å²) >= 11 is 11.7. The van der Waals surface area contributed by atoms with E-state index in [0.29, 0.717) is 10.0 Å². The molecule has 0 saturated heterocycles. The highest BCUT2D eigenvalue weighted by Gasteiger charge is 1.99. The lowest BCUT2D eigenvalue weighted by Gasteiger charge is -2.09. The van der Waals surface area contributed by atoms with Crippen molar-refractivity contribution in [3.05, 3.63) is 40.9 Å². The second-order valence-corrected chi connectivity index (χ2v) is 3.89. The van der Waals surface area contributed by atoms with Crippen molar-refractivity contribution < 1.29 is 0 Å². The van der Waals surface area contributed by atoms with E-state index in [1.54, 1.807) is 0 Å². The zero-order valence-corrected chi connectivity index (χ0v) is 9.07. The summed E-state index contributed by atoms with van der Waals surface area (Å²) in [7, 11) is 5.71. The Hall–Kier alpha value is -0.240. The quantitative estimate of drug-likeness (QED) is 0.751. The molecule has 0 aliphatic rings. The van der Waals surface area contributed by atoms with Crippen LogP contribution in [0.15, 0.2) is 18.2 Å². The minimum Gasteiger partial charge on any atom is -0.305 e. The van der Waals surface area contributed by atoms with Gasteiger partial charge < -0.3 is 4.90 Å². The summed E-state index contributed by atoms with van der Waals surface area (Å²) < 4.78 is 0. The Labute approximate surface area is 89.3 Å². The van der Waals surface area contributed by atoms with Crippen LogP contribution in [0.25, 0.3) is 0 Å². The summed E-state index contributed by atoms with van der Waals surface area (Å²) in [6, 6.07) is 5.70. The molecular weight excluding hydrogens is 205 g/mol. The number of benzene rings is 1. The molecular formula is C10H12Cl2N. The molecule has 0 fully saturated rings. The zero-order chi connectivity index (χ0) is 9.84. The molecule has 0 aliphatic heterocycles. The van der Waals surface area contributed by atoms with E-state index in [0.717, 1.165) is 13.0 Å². The average Bonchev–Trinajstić information content (AvgIpc) is 2.07. The van der Waals surface area contributed by atoms with Crippen LogP contribution in [0.1, 0.15) is 5.56 Å². The maximum atomic E-state index is 5.87. The van der Waals surface area contributed by atoms with Crippen molar-refractivity contribution in [1.29, 1.82) is 0 Å². The van der Waals surface area contributed by atoms with Crippen molar-refractivity contribution in [3.8, 4) is 0 Å². The maximum Gasteiger partial charge on any atom is 0.0595 e. The number of halogens is 2. The molecule has 1 nitrogen and oxygen atoms in total. The van der Waals surface area contributed by atoms with Crippen molar-refractivity contribution in [1.82, 2.24) is 4.90 Å². The molecule has 1 aromatic rings. The third kappa shape index (κ3) is 3.55. The van der Waals surface area contributed by atoms with Gasteiger partial charge >= 0.3 is 0 Å². The van der Waals surface area contributed by atoms with Gasteiger partial charge in [-0.2, -0.15) is 0 Å². The topological polar surface area (TPSA) is 3.24 Å². The summed E-state index contributed by atoms with van der Waals surface area (Å²) in [5, 5.41) is 1.22. The van der Waals surface area contributed by atoms with Crippen molar-refractivity contribution >= 4 is 23.2 Å². The summed E-state index contributed by atoms with van der Waals surface area (Å²) in [5.41, 5.74) is 1.19. The minimum absolute atomic E-state index is 0.605. The third-order valence-corrected chi connectivity index (χ3v) is 2.51. The molecule has 0 bridgehead atoms. The van der Waals surface area contributed by atoms with Crippen molar-refractivity contribution in [2.24, 2.45) is 0 Å². The van der Waals surface area contributed by atoms with Gasteiger partial charge in [-0.3, -0.25) is 0 Å². The van der Waals surface area contributed by atoms with Crippen LogP contribution < -0.4 is 0 Å². The van der Waals surface area contributed by atoms with Gasteiger partial charge in [0.2, 0.25) is 0 Å². The fourth-order valence-electron chi connectivity index (χ4n) is 1.02. The molecule has 71 valence electrons. The summed E-state index contributed by atoms with van der Waals surface area (Å²) in [4.78, 5) is 1.89. The van der Waals surface area contributed by atoms with Crippen LogP contribution in [0.4, 0.5) is 0 Å². The van der Waals surface area contributed by atoms with Crippen LogP contribution in [-0.2, 0) is 6.42 Å². The summed E-state index contributed by atoms with van der Waals surface area (Å²) in [6.07, 6.45) is 0.941. The number of hydrogen-bond donors (Lipinski definition) is 0. The van der Waals surface area contributed by atoms with Crippen LogP contribution >= 0.6 is 23.2 Å². The Morgan fingerprint density at radius 1 is 1.31 bits per heavy atom. The molecule has 0 amide bonds. The molecule has 0 heterocycles. The van der Waals surface area contributed by atoms with Gasteiger partial charge in [0.25, 0.3) is 0 Å². The van der Waals surface area contributed by atoms with Crippen molar-refractivity contribution in [3.63, 3.8) is 0 Å². The van der Waals surface area contributed by atoms with Crippen molar-refractivity contribution in [2.75, 3.05) is 13.6 Å². The molecule has 1 rings (SSSR count). The molecule has 0 atom stereocenters. The highest BCUT2D eigenvalue weighted by molar-refractivity contribution is 6.42. The number of rotatable bonds is 3. The first kappa shape index (κ1) is 10.8. The smallest absolute Gasteiger partial charge is 0.0595 e. The lowest BCUT2D eigenvalue weighted by atomic mass is 10.1. The highest BCUT2D eigenvalue weighted by atomic mass is 35.5. The standard InChI is InChI=1S/C10H12Cl2N/c1-13(2)6-5-8-3-4-9(11)10(12)7-8/h3-4,7H,1,5-6H2,2H3. The van der Waals surface area contributed by atoms with E-state index >= 15 is 0 Å². The monoisotopic (exact) mass is 216 g/mol. The molecule has 3 heteroatoms. The van der Waals surface area contributed by atoms with Gasteiger partial charge in [0, 0.05) is 13.6 Å². The van der Waals surface area contributed by atoms with E-state index in [1.807, 2.05) is 30.1 Å². The number of hydrogen-bond acceptors (Lipinski definition) is 1. The third-order valence-electron chi connectivity index (χ3n) is 1.77. The van der Waals surface area contributed by atoms with Gasteiger partial charge in [0.15, 0.2) is 0 Å². The van der Waals surface area contributed by atoms with E-state index < -0.39 is 0 Å². The van der Waals surface area contributed by atoms with Crippen LogP contribution in [-0.4, -0.2) is 18.5 Å². The molecule has 1 radical (unpaired) electrons. The lowest BCUT2D eigenvalue weighted by molar-refractivity contribution is 0.455. The molecule has 0 aliphatic carbocycles. The fourth-order valence-corrected chi connectivity index (χ4v) is 1.34. The Kier molecular flexibility index (Phi) is 4.04. The van der Waals surface area contributed by atoms with Gasteiger partial charge in [0.05, 0.1) is 10.0 Å². The molecule has 1 aromatic carbocycles. The minimum atomic E-state index is 0.605. The van der Waals surface area contributed by atoms with E-state index in [9.17, 15) is 0 Å². The van der Waals surface area contributed by atoms with Crippen LogP contribution in [0.2, 0.25) is 10.0 Å². The molecule has 0 unspecified atom stereocenters. The van der Waals surface area contributed by atoms with Gasteiger partial charge in [-0.1, -0.05) is 29.3 Å². The van der Waals surface area contributed by atoms with E-state index in [4.69, 9.17) is 23.2 Å². The van der Waals surface area contributed by atoms with Crippen LogP contribution in [0.3, 0.4) is 0 Å². The summed E-state index contributed by atoms with van der Waals surface area (Å²) in [6.45, 7) is 0.915. The first-order valence-electron chi connectivity index (χ1n) is 4.05. The largest absolute Gasteiger partial charge is 0.305 e. The van der Waals surface area contributed by atoms with Crippen molar-refractivity contribution in [2.45, 2.75) is 6.42 Å². The second kappa shape index (κ2) is 4.85. The van der Waals surface area contributed by atoms with Gasteiger partial charge in [-0.05, 0) is 31.2 Å². The average molecular weight is 217 g/mol. The van der Waals surface area contributed by atoms with Gasteiger partial charge in [-0.15, -0.1) is 0 Å². The Morgan fingerprint density at radius 3 is 2.54 bits per heavy atom. The first-order valence-corrected chi connectivity index (χ1v) is 4.81. The number of likely N-dealkylation sites (N-methyl/N-ethyl adjacent to an activating group) is 1. The van der Waals surface area contributed by atoms with Gasteiger partial charge in [0.1, 0.15) is 0 Å². The first-order chi connectivity index (χ1) is 6.09. The molecule has 0 saturated carbocycles. The Bertz CT molecular complexity index is 284. The highest BCUT2D eigenvalue weighted by Crippen LogP contribution is 2.22. The molecule has 0 aromatic heterocycles.